The predicted molar refractivity (Wildman–Crippen MR) is 95.3 cm³/mol. The van der Waals surface area contributed by atoms with E-state index in [0.717, 1.165) is 25.9 Å². The second kappa shape index (κ2) is 15.2. The first-order valence-corrected chi connectivity index (χ1v) is 9.61. The van der Waals surface area contributed by atoms with E-state index >= 15 is 0 Å². The van der Waals surface area contributed by atoms with Crippen LogP contribution in [0, 0.1) is 5.92 Å². The summed E-state index contributed by atoms with van der Waals surface area (Å²) in [5.74, 6) is 0.615. The minimum Gasteiger partial charge on any atom is -0.450 e. The van der Waals surface area contributed by atoms with Gasteiger partial charge in [0, 0.05) is 13.1 Å². The highest BCUT2D eigenvalue weighted by Gasteiger charge is 2.18. The van der Waals surface area contributed by atoms with Crippen molar-refractivity contribution >= 4 is 6.09 Å². The van der Waals surface area contributed by atoms with E-state index in [-0.39, 0.29) is 6.09 Å². The van der Waals surface area contributed by atoms with E-state index in [1.165, 1.54) is 51.4 Å². The molecular weight excluding hydrogens is 274 g/mol. The summed E-state index contributed by atoms with van der Waals surface area (Å²) in [6.07, 6.45) is 12.3. The molecule has 0 aromatic heterocycles. The Bertz CT molecular complexity index is 256. The molecule has 0 aliphatic rings. The van der Waals surface area contributed by atoms with Gasteiger partial charge in [-0.3, -0.25) is 0 Å². The summed E-state index contributed by atoms with van der Waals surface area (Å²) in [6, 6.07) is 0. The lowest BCUT2D eigenvalue weighted by atomic mass is 9.98. The molecule has 1 atom stereocenters. The molecule has 0 bridgehead atoms. The maximum atomic E-state index is 12.1. The second-order valence-electron chi connectivity index (χ2n) is 6.33. The summed E-state index contributed by atoms with van der Waals surface area (Å²) in [5.41, 5.74) is 0. The van der Waals surface area contributed by atoms with Crippen molar-refractivity contribution in [3.8, 4) is 0 Å². The van der Waals surface area contributed by atoms with E-state index in [1.807, 2.05) is 11.8 Å². The molecule has 0 aliphatic carbocycles. The van der Waals surface area contributed by atoms with E-state index in [4.69, 9.17) is 4.74 Å². The van der Waals surface area contributed by atoms with Crippen LogP contribution in [0.1, 0.15) is 91.9 Å². The normalized spacial score (nSPS) is 12.2. The Hall–Kier alpha value is -0.730. The first-order valence-electron chi connectivity index (χ1n) is 9.61. The van der Waals surface area contributed by atoms with Gasteiger partial charge in [0.05, 0.1) is 6.61 Å². The average Bonchev–Trinajstić information content (AvgIpc) is 2.52. The number of carbonyl (C=O) groups is 1. The lowest BCUT2D eigenvalue weighted by Crippen LogP contribution is -2.36. The van der Waals surface area contributed by atoms with Gasteiger partial charge in [-0.1, -0.05) is 72.1 Å². The van der Waals surface area contributed by atoms with E-state index in [2.05, 4.69) is 20.8 Å². The van der Waals surface area contributed by atoms with Crippen LogP contribution in [-0.2, 0) is 4.74 Å². The van der Waals surface area contributed by atoms with Gasteiger partial charge >= 0.3 is 6.09 Å². The van der Waals surface area contributed by atoms with Gasteiger partial charge < -0.3 is 9.64 Å². The van der Waals surface area contributed by atoms with Crippen LogP contribution in [0.25, 0.3) is 0 Å². The molecule has 3 nitrogen and oxygen atoms in total. The molecule has 22 heavy (non-hydrogen) atoms. The van der Waals surface area contributed by atoms with Crippen LogP contribution < -0.4 is 0 Å². The van der Waals surface area contributed by atoms with Crippen molar-refractivity contribution in [1.82, 2.24) is 4.90 Å². The molecule has 1 amide bonds. The number of nitrogens with zero attached hydrogens (tertiary/aromatic N) is 1. The quantitative estimate of drug-likeness (QED) is 0.367. The molecule has 0 radical (unpaired) electrons. The summed E-state index contributed by atoms with van der Waals surface area (Å²) in [5, 5.41) is 0. The Kier molecular flexibility index (Phi) is 14.7. The molecule has 0 saturated heterocycles. The van der Waals surface area contributed by atoms with Crippen LogP contribution in [0.15, 0.2) is 0 Å². The fourth-order valence-corrected chi connectivity index (χ4v) is 2.78. The molecule has 0 fully saturated rings. The molecule has 0 saturated carbocycles. The molecular formula is C19H39NO2. The maximum Gasteiger partial charge on any atom is 0.409 e. The van der Waals surface area contributed by atoms with Crippen molar-refractivity contribution in [2.45, 2.75) is 91.9 Å². The van der Waals surface area contributed by atoms with Gasteiger partial charge in [0.2, 0.25) is 0 Å². The molecule has 132 valence electrons. The molecule has 0 rings (SSSR count). The molecule has 0 heterocycles. The minimum atomic E-state index is -0.119. The van der Waals surface area contributed by atoms with Crippen LogP contribution in [0.3, 0.4) is 0 Å². The van der Waals surface area contributed by atoms with Crippen molar-refractivity contribution in [2.75, 3.05) is 19.7 Å². The van der Waals surface area contributed by atoms with E-state index in [0.29, 0.717) is 12.5 Å². The van der Waals surface area contributed by atoms with Crippen molar-refractivity contribution in [1.29, 1.82) is 0 Å². The molecule has 0 spiro atoms. The Morgan fingerprint density at radius 1 is 0.909 bits per heavy atom. The monoisotopic (exact) mass is 313 g/mol. The number of rotatable bonds is 14. The van der Waals surface area contributed by atoms with Crippen molar-refractivity contribution in [3.05, 3.63) is 0 Å². The highest BCUT2D eigenvalue weighted by Crippen LogP contribution is 2.16. The summed E-state index contributed by atoms with van der Waals surface area (Å²) < 4.78 is 5.24. The first kappa shape index (κ1) is 21.3. The number of amides is 1. The van der Waals surface area contributed by atoms with Crippen LogP contribution >= 0.6 is 0 Å². The minimum absolute atomic E-state index is 0.119. The Morgan fingerprint density at radius 2 is 1.55 bits per heavy atom. The smallest absolute Gasteiger partial charge is 0.409 e. The summed E-state index contributed by atoms with van der Waals surface area (Å²) in [7, 11) is 0. The van der Waals surface area contributed by atoms with Crippen LogP contribution in [-0.4, -0.2) is 30.7 Å². The summed E-state index contributed by atoms with van der Waals surface area (Å²) in [4.78, 5) is 14.1. The van der Waals surface area contributed by atoms with Gasteiger partial charge in [-0.15, -0.1) is 0 Å². The average molecular weight is 314 g/mol. The predicted octanol–water partition coefficient (Wildman–Crippen LogP) is 6.02. The summed E-state index contributed by atoms with van der Waals surface area (Å²) >= 11 is 0. The highest BCUT2D eigenvalue weighted by molar-refractivity contribution is 5.67. The van der Waals surface area contributed by atoms with Crippen molar-refractivity contribution < 1.29 is 9.53 Å². The first-order chi connectivity index (χ1) is 10.7. The van der Waals surface area contributed by atoms with Crippen LogP contribution in [0.4, 0.5) is 4.79 Å². The van der Waals surface area contributed by atoms with Gasteiger partial charge in [0.1, 0.15) is 0 Å². The number of ether oxygens (including phenoxy) is 1. The fourth-order valence-electron chi connectivity index (χ4n) is 2.78. The molecule has 0 aromatic carbocycles. The molecule has 0 aliphatic heterocycles. The highest BCUT2D eigenvalue weighted by atomic mass is 16.6. The zero-order chi connectivity index (χ0) is 16.6. The van der Waals surface area contributed by atoms with Crippen LogP contribution in [0.5, 0.6) is 0 Å². The van der Waals surface area contributed by atoms with Crippen molar-refractivity contribution in [3.63, 3.8) is 0 Å². The molecule has 0 N–H and O–H groups in total. The topological polar surface area (TPSA) is 29.5 Å². The Balaban J connectivity index is 4.21. The number of hydrogen-bond donors (Lipinski definition) is 0. The van der Waals surface area contributed by atoms with Crippen molar-refractivity contribution in [2.24, 2.45) is 5.92 Å². The van der Waals surface area contributed by atoms with E-state index < -0.39 is 0 Å². The van der Waals surface area contributed by atoms with Gasteiger partial charge in [-0.25, -0.2) is 4.79 Å². The largest absolute Gasteiger partial charge is 0.450 e. The number of hydrogen-bond acceptors (Lipinski definition) is 2. The number of carbonyl (C=O) groups excluding carboxylic acids is 1. The Morgan fingerprint density at radius 3 is 2.14 bits per heavy atom. The van der Waals surface area contributed by atoms with Gasteiger partial charge in [0.15, 0.2) is 0 Å². The summed E-state index contributed by atoms with van der Waals surface area (Å²) in [6.45, 7) is 10.8. The Labute approximate surface area is 138 Å². The van der Waals surface area contributed by atoms with Gasteiger partial charge in [0.25, 0.3) is 0 Å². The molecule has 1 unspecified atom stereocenters. The third-order valence-corrected chi connectivity index (χ3v) is 4.33. The van der Waals surface area contributed by atoms with Gasteiger partial charge in [-0.05, 0) is 25.7 Å². The maximum absolute atomic E-state index is 12.1. The van der Waals surface area contributed by atoms with Gasteiger partial charge in [-0.2, -0.15) is 0 Å². The molecule has 3 heteroatoms. The van der Waals surface area contributed by atoms with E-state index in [9.17, 15) is 4.79 Å². The zero-order valence-corrected chi connectivity index (χ0v) is 15.5. The fraction of sp³-hybridized carbons (Fsp3) is 0.947. The van der Waals surface area contributed by atoms with Crippen LogP contribution in [0.2, 0.25) is 0 Å². The molecule has 0 aromatic rings. The standard InChI is InChI=1S/C19H39NO2/c1-5-9-11-12-13-14-16-20(19(21)22-8-4)17-18(7-3)15-10-6-2/h18H,5-17H2,1-4H3. The van der Waals surface area contributed by atoms with E-state index in [1.54, 1.807) is 0 Å². The SMILES string of the molecule is CCCCCCCCN(CC(CC)CCCC)C(=O)OCC. The third kappa shape index (κ3) is 10.9. The lowest BCUT2D eigenvalue weighted by molar-refractivity contribution is 0.0983. The third-order valence-electron chi connectivity index (χ3n) is 4.33. The second-order valence-corrected chi connectivity index (χ2v) is 6.33. The number of unbranched alkanes of at least 4 members (excludes halogenated alkanes) is 6. The lowest BCUT2D eigenvalue weighted by Gasteiger charge is -2.26. The zero-order valence-electron chi connectivity index (χ0n) is 15.5.